The van der Waals surface area contributed by atoms with Gasteiger partial charge in [0.2, 0.25) is 0 Å². The molecule has 1 aliphatic carbocycles. The molecular weight excluding hydrogens is 258 g/mol. The molecule has 0 amide bonds. The first-order chi connectivity index (χ1) is 10.1. The molecule has 0 saturated heterocycles. The van der Waals surface area contributed by atoms with Crippen molar-refractivity contribution in [2.45, 2.75) is 52.2 Å². The molecule has 2 nitrogen and oxygen atoms in total. The SMILES string of the molecule is CC1CC(C)C(CN2CCCc3ccccc3C2)C(O)C1. The van der Waals surface area contributed by atoms with Crippen molar-refractivity contribution in [3.05, 3.63) is 35.4 Å². The fraction of sp³-hybridized carbons (Fsp3) is 0.684. The van der Waals surface area contributed by atoms with Gasteiger partial charge in [-0.3, -0.25) is 4.90 Å². The van der Waals surface area contributed by atoms with E-state index in [-0.39, 0.29) is 6.10 Å². The monoisotopic (exact) mass is 287 g/mol. The minimum Gasteiger partial charge on any atom is -0.393 e. The zero-order valence-electron chi connectivity index (χ0n) is 13.5. The Morgan fingerprint density at radius 1 is 1.14 bits per heavy atom. The van der Waals surface area contributed by atoms with Crippen molar-refractivity contribution < 1.29 is 5.11 Å². The highest BCUT2D eigenvalue weighted by Crippen LogP contribution is 2.35. The van der Waals surface area contributed by atoms with Gasteiger partial charge in [-0.25, -0.2) is 0 Å². The van der Waals surface area contributed by atoms with Gasteiger partial charge in [-0.15, -0.1) is 0 Å². The minimum absolute atomic E-state index is 0.109. The van der Waals surface area contributed by atoms with E-state index in [1.165, 1.54) is 36.9 Å². The minimum atomic E-state index is -0.109. The molecule has 1 heterocycles. The van der Waals surface area contributed by atoms with Gasteiger partial charge in [0, 0.05) is 19.0 Å². The Balaban J connectivity index is 1.67. The summed E-state index contributed by atoms with van der Waals surface area (Å²) in [4.78, 5) is 2.58. The molecule has 1 fully saturated rings. The van der Waals surface area contributed by atoms with E-state index in [4.69, 9.17) is 0 Å². The summed E-state index contributed by atoms with van der Waals surface area (Å²) in [6, 6.07) is 8.86. The quantitative estimate of drug-likeness (QED) is 0.900. The molecule has 3 rings (SSSR count). The lowest BCUT2D eigenvalue weighted by atomic mass is 9.73. The topological polar surface area (TPSA) is 23.5 Å². The predicted octanol–water partition coefficient (Wildman–Crippen LogP) is 3.48. The summed E-state index contributed by atoms with van der Waals surface area (Å²) < 4.78 is 0. The summed E-state index contributed by atoms with van der Waals surface area (Å²) in [6.07, 6.45) is 4.59. The second-order valence-electron chi connectivity index (χ2n) is 7.39. The van der Waals surface area contributed by atoms with E-state index in [2.05, 4.69) is 43.0 Å². The molecule has 2 heteroatoms. The van der Waals surface area contributed by atoms with Crippen molar-refractivity contribution in [2.75, 3.05) is 13.1 Å². The normalized spacial score (nSPS) is 34.2. The average Bonchev–Trinajstić information content (AvgIpc) is 2.64. The molecule has 21 heavy (non-hydrogen) atoms. The number of fused-ring (bicyclic) bond motifs is 1. The van der Waals surface area contributed by atoms with Crippen LogP contribution in [0.3, 0.4) is 0 Å². The van der Waals surface area contributed by atoms with Gasteiger partial charge in [0.1, 0.15) is 0 Å². The Morgan fingerprint density at radius 2 is 1.90 bits per heavy atom. The molecule has 4 unspecified atom stereocenters. The third-order valence-electron chi connectivity index (χ3n) is 5.54. The second kappa shape index (κ2) is 6.50. The van der Waals surface area contributed by atoms with Crippen LogP contribution in [0.15, 0.2) is 24.3 Å². The molecule has 0 aromatic heterocycles. The highest BCUT2D eigenvalue weighted by atomic mass is 16.3. The fourth-order valence-electron chi connectivity index (χ4n) is 4.40. The van der Waals surface area contributed by atoms with Crippen molar-refractivity contribution in [2.24, 2.45) is 17.8 Å². The zero-order chi connectivity index (χ0) is 14.8. The number of hydrogen-bond acceptors (Lipinski definition) is 2. The fourth-order valence-corrected chi connectivity index (χ4v) is 4.40. The summed E-state index contributed by atoms with van der Waals surface area (Å²) in [7, 11) is 0. The van der Waals surface area contributed by atoms with E-state index in [9.17, 15) is 5.11 Å². The zero-order valence-corrected chi connectivity index (χ0v) is 13.5. The van der Waals surface area contributed by atoms with Crippen molar-refractivity contribution in [1.82, 2.24) is 4.90 Å². The first kappa shape index (κ1) is 15.1. The molecule has 1 aliphatic heterocycles. The molecule has 1 aromatic rings. The number of nitrogens with zero attached hydrogens (tertiary/aromatic N) is 1. The van der Waals surface area contributed by atoms with Crippen molar-refractivity contribution in [3.63, 3.8) is 0 Å². The molecule has 0 bridgehead atoms. The third-order valence-corrected chi connectivity index (χ3v) is 5.54. The summed E-state index contributed by atoms with van der Waals surface area (Å²) in [5, 5.41) is 10.5. The van der Waals surface area contributed by atoms with Gasteiger partial charge in [-0.2, -0.15) is 0 Å². The summed E-state index contributed by atoms with van der Waals surface area (Å²) in [5.41, 5.74) is 3.01. The van der Waals surface area contributed by atoms with Crippen molar-refractivity contribution >= 4 is 0 Å². The first-order valence-corrected chi connectivity index (χ1v) is 8.60. The molecule has 1 saturated carbocycles. The Bertz CT molecular complexity index is 460. The van der Waals surface area contributed by atoms with E-state index in [0.717, 1.165) is 19.5 Å². The summed E-state index contributed by atoms with van der Waals surface area (Å²) in [5.74, 6) is 1.77. The summed E-state index contributed by atoms with van der Waals surface area (Å²) in [6.45, 7) is 7.89. The van der Waals surface area contributed by atoms with Crippen LogP contribution in [0.4, 0.5) is 0 Å². The van der Waals surface area contributed by atoms with E-state index in [0.29, 0.717) is 17.8 Å². The van der Waals surface area contributed by atoms with E-state index >= 15 is 0 Å². The van der Waals surface area contributed by atoms with E-state index in [1.54, 1.807) is 0 Å². The van der Waals surface area contributed by atoms with Crippen LogP contribution >= 0.6 is 0 Å². The van der Waals surface area contributed by atoms with Crippen molar-refractivity contribution in [1.29, 1.82) is 0 Å². The summed E-state index contributed by atoms with van der Waals surface area (Å²) >= 11 is 0. The maximum atomic E-state index is 10.5. The van der Waals surface area contributed by atoms with Crippen LogP contribution < -0.4 is 0 Å². The van der Waals surface area contributed by atoms with Gasteiger partial charge in [0.15, 0.2) is 0 Å². The number of rotatable bonds is 2. The van der Waals surface area contributed by atoms with Crippen LogP contribution in [0.2, 0.25) is 0 Å². The molecule has 1 N–H and O–H groups in total. The lowest BCUT2D eigenvalue weighted by Gasteiger charge is -2.39. The Kier molecular flexibility index (Phi) is 4.66. The van der Waals surface area contributed by atoms with E-state index in [1.807, 2.05) is 0 Å². The Hall–Kier alpha value is -0.860. The van der Waals surface area contributed by atoms with Crippen LogP contribution in [0, 0.1) is 17.8 Å². The lowest BCUT2D eigenvalue weighted by molar-refractivity contribution is -0.00310. The standard InChI is InChI=1S/C19H29NO/c1-14-10-15(2)18(19(21)11-14)13-20-9-5-8-16-6-3-4-7-17(16)12-20/h3-4,6-7,14-15,18-19,21H,5,8-13H2,1-2H3. The number of aliphatic hydroxyl groups is 1. The molecule has 0 radical (unpaired) electrons. The number of aliphatic hydroxyl groups excluding tert-OH is 1. The molecule has 0 spiro atoms. The van der Waals surface area contributed by atoms with Gasteiger partial charge in [-0.1, -0.05) is 38.1 Å². The maximum absolute atomic E-state index is 10.5. The smallest absolute Gasteiger partial charge is 0.0585 e. The first-order valence-electron chi connectivity index (χ1n) is 8.60. The largest absolute Gasteiger partial charge is 0.393 e. The van der Waals surface area contributed by atoms with Crippen LogP contribution in [0.25, 0.3) is 0 Å². The van der Waals surface area contributed by atoms with Crippen molar-refractivity contribution in [3.8, 4) is 0 Å². The Morgan fingerprint density at radius 3 is 2.67 bits per heavy atom. The van der Waals surface area contributed by atoms with Gasteiger partial charge >= 0.3 is 0 Å². The van der Waals surface area contributed by atoms with Gasteiger partial charge in [0.05, 0.1) is 6.10 Å². The molecule has 1 aromatic carbocycles. The van der Waals surface area contributed by atoms with Crippen LogP contribution in [-0.4, -0.2) is 29.2 Å². The van der Waals surface area contributed by atoms with E-state index < -0.39 is 0 Å². The van der Waals surface area contributed by atoms with Gasteiger partial charge in [0.25, 0.3) is 0 Å². The van der Waals surface area contributed by atoms with Crippen LogP contribution in [0.1, 0.15) is 44.2 Å². The number of benzene rings is 1. The number of aryl methyl sites for hydroxylation is 1. The van der Waals surface area contributed by atoms with Crippen LogP contribution in [0.5, 0.6) is 0 Å². The maximum Gasteiger partial charge on any atom is 0.0585 e. The van der Waals surface area contributed by atoms with Crippen LogP contribution in [-0.2, 0) is 13.0 Å². The second-order valence-corrected chi connectivity index (χ2v) is 7.39. The van der Waals surface area contributed by atoms with Gasteiger partial charge in [-0.05, 0) is 55.2 Å². The highest BCUT2D eigenvalue weighted by molar-refractivity contribution is 5.28. The predicted molar refractivity (Wildman–Crippen MR) is 87.1 cm³/mol. The van der Waals surface area contributed by atoms with Gasteiger partial charge < -0.3 is 5.11 Å². The Labute approximate surface area is 129 Å². The molecule has 116 valence electrons. The lowest BCUT2D eigenvalue weighted by Crippen LogP contribution is -2.42. The highest BCUT2D eigenvalue weighted by Gasteiger charge is 2.34. The molecule has 4 atom stereocenters. The number of hydrogen-bond donors (Lipinski definition) is 1. The molecule has 2 aliphatic rings. The molecular formula is C19H29NO. The average molecular weight is 287 g/mol. The third kappa shape index (κ3) is 3.49.